The Morgan fingerprint density at radius 3 is 2.42 bits per heavy atom. The fourth-order valence-corrected chi connectivity index (χ4v) is 2.79. The van der Waals surface area contributed by atoms with Crippen LogP contribution in [0.5, 0.6) is 11.6 Å². The molecule has 0 N–H and O–H groups in total. The summed E-state index contributed by atoms with van der Waals surface area (Å²) in [6, 6.07) is 13.1. The number of aryl methyl sites for hydroxylation is 2. The Bertz CT molecular complexity index is 873. The summed E-state index contributed by atoms with van der Waals surface area (Å²) in [5.41, 5.74) is 3.52. The van der Waals surface area contributed by atoms with Crippen LogP contribution >= 0.6 is 0 Å². The lowest BCUT2D eigenvalue weighted by Gasteiger charge is -2.20. The number of ether oxygens (including phenoxy) is 1. The number of carbonyl (C=O) groups excluding carboxylic acids is 1. The van der Waals surface area contributed by atoms with Gasteiger partial charge in [0.2, 0.25) is 5.88 Å². The van der Waals surface area contributed by atoms with Crippen LogP contribution in [0.15, 0.2) is 61.1 Å². The van der Waals surface area contributed by atoms with Crippen molar-refractivity contribution in [3.8, 4) is 11.6 Å². The van der Waals surface area contributed by atoms with Gasteiger partial charge in [0.1, 0.15) is 5.75 Å². The first-order valence-electron chi connectivity index (χ1n) is 8.51. The summed E-state index contributed by atoms with van der Waals surface area (Å²) < 4.78 is 5.80. The second kappa shape index (κ2) is 7.78. The molecule has 0 aliphatic heterocycles. The minimum Gasteiger partial charge on any atom is -0.439 e. The molecule has 2 heterocycles. The van der Waals surface area contributed by atoms with Crippen LogP contribution < -0.4 is 9.64 Å². The third-order valence-electron chi connectivity index (χ3n) is 3.92. The molecule has 0 aliphatic carbocycles. The summed E-state index contributed by atoms with van der Waals surface area (Å²) in [5, 5.41) is 0. The molecule has 3 aromatic rings. The van der Waals surface area contributed by atoms with Crippen molar-refractivity contribution < 1.29 is 9.53 Å². The van der Waals surface area contributed by atoms with E-state index in [1.54, 1.807) is 35.6 Å². The Kier molecular flexibility index (Phi) is 5.27. The third-order valence-corrected chi connectivity index (χ3v) is 3.92. The molecule has 26 heavy (non-hydrogen) atoms. The number of hydrogen-bond donors (Lipinski definition) is 0. The molecular weight excluding hydrogens is 326 g/mol. The van der Waals surface area contributed by atoms with Crippen molar-refractivity contribution in [2.75, 3.05) is 11.4 Å². The van der Waals surface area contributed by atoms with Crippen LogP contribution in [-0.4, -0.2) is 22.4 Å². The lowest BCUT2D eigenvalue weighted by molar-refractivity contribution is 0.0988. The maximum Gasteiger partial charge on any atom is 0.259 e. The van der Waals surface area contributed by atoms with Crippen molar-refractivity contribution in [3.63, 3.8) is 0 Å². The standard InChI is InChI=1S/C21H21N3O2/c1-4-24(18-6-5-9-22-14-18)21(25)17-7-8-20(23-13-17)26-19-11-15(2)10-16(3)12-19/h5-14H,4H2,1-3H3. The molecule has 0 spiro atoms. The van der Waals surface area contributed by atoms with Gasteiger partial charge in [0.15, 0.2) is 0 Å². The molecule has 0 atom stereocenters. The van der Waals surface area contributed by atoms with E-state index in [0.717, 1.165) is 22.6 Å². The average molecular weight is 347 g/mol. The molecule has 0 saturated heterocycles. The van der Waals surface area contributed by atoms with Crippen molar-refractivity contribution in [1.29, 1.82) is 0 Å². The van der Waals surface area contributed by atoms with E-state index in [9.17, 15) is 4.79 Å². The minimum atomic E-state index is -0.119. The van der Waals surface area contributed by atoms with E-state index in [1.807, 2.05) is 45.0 Å². The molecule has 1 amide bonds. The lowest BCUT2D eigenvalue weighted by atomic mass is 10.1. The maximum absolute atomic E-state index is 12.8. The fraction of sp³-hybridized carbons (Fsp3) is 0.190. The highest BCUT2D eigenvalue weighted by molar-refractivity contribution is 6.05. The Labute approximate surface area is 153 Å². The van der Waals surface area contributed by atoms with Crippen LogP contribution in [0.1, 0.15) is 28.4 Å². The number of anilines is 1. The van der Waals surface area contributed by atoms with Gasteiger partial charge in [0.05, 0.1) is 17.4 Å². The quantitative estimate of drug-likeness (QED) is 0.679. The summed E-state index contributed by atoms with van der Waals surface area (Å²) in [6.07, 6.45) is 4.90. The van der Waals surface area contributed by atoms with Crippen LogP contribution in [0.4, 0.5) is 5.69 Å². The third kappa shape index (κ3) is 4.06. The van der Waals surface area contributed by atoms with E-state index in [4.69, 9.17) is 4.74 Å². The molecule has 5 nitrogen and oxygen atoms in total. The molecule has 0 saturated carbocycles. The highest BCUT2D eigenvalue weighted by atomic mass is 16.5. The van der Waals surface area contributed by atoms with Crippen LogP contribution in [0.3, 0.4) is 0 Å². The van der Waals surface area contributed by atoms with Crippen molar-refractivity contribution in [2.45, 2.75) is 20.8 Å². The first-order chi connectivity index (χ1) is 12.6. The molecular formula is C21H21N3O2. The monoisotopic (exact) mass is 347 g/mol. The van der Waals surface area contributed by atoms with E-state index < -0.39 is 0 Å². The number of pyridine rings is 2. The summed E-state index contributed by atoms with van der Waals surface area (Å²) in [6.45, 7) is 6.51. The fourth-order valence-electron chi connectivity index (χ4n) is 2.79. The van der Waals surface area contributed by atoms with E-state index >= 15 is 0 Å². The molecule has 5 heteroatoms. The Balaban J connectivity index is 1.77. The van der Waals surface area contributed by atoms with E-state index in [-0.39, 0.29) is 5.91 Å². The second-order valence-electron chi connectivity index (χ2n) is 6.07. The van der Waals surface area contributed by atoms with Crippen LogP contribution in [0.2, 0.25) is 0 Å². The molecule has 3 rings (SSSR count). The minimum absolute atomic E-state index is 0.119. The molecule has 0 fully saturated rings. The zero-order valence-corrected chi connectivity index (χ0v) is 15.1. The van der Waals surface area contributed by atoms with Gasteiger partial charge >= 0.3 is 0 Å². The average Bonchev–Trinajstić information content (AvgIpc) is 2.63. The molecule has 132 valence electrons. The summed E-state index contributed by atoms with van der Waals surface area (Å²) in [5.74, 6) is 1.07. The van der Waals surface area contributed by atoms with E-state index in [0.29, 0.717) is 18.0 Å². The van der Waals surface area contributed by atoms with Gasteiger partial charge in [-0.2, -0.15) is 0 Å². The zero-order chi connectivity index (χ0) is 18.5. The van der Waals surface area contributed by atoms with Crippen molar-refractivity contribution in [2.24, 2.45) is 0 Å². The molecule has 1 aromatic carbocycles. The number of carbonyl (C=O) groups is 1. The molecule has 0 aliphatic rings. The SMILES string of the molecule is CCN(C(=O)c1ccc(Oc2cc(C)cc(C)c2)nc1)c1cccnc1. The highest BCUT2D eigenvalue weighted by Gasteiger charge is 2.16. The van der Waals surface area contributed by atoms with Gasteiger partial charge in [0, 0.05) is 25.0 Å². The maximum atomic E-state index is 12.8. The van der Waals surface area contributed by atoms with Gasteiger partial charge in [-0.05, 0) is 62.2 Å². The number of aromatic nitrogens is 2. The number of amides is 1. The predicted octanol–water partition coefficient (Wildman–Crippen LogP) is 4.55. The van der Waals surface area contributed by atoms with E-state index in [2.05, 4.69) is 16.0 Å². The second-order valence-corrected chi connectivity index (χ2v) is 6.07. The van der Waals surface area contributed by atoms with Gasteiger partial charge in [-0.15, -0.1) is 0 Å². The number of rotatable bonds is 5. The Hall–Kier alpha value is -3.21. The van der Waals surface area contributed by atoms with Crippen molar-refractivity contribution in [3.05, 3.63) is 77.7 Å². The van der Waals surface area contributed by atoms with Gasteiger partial charge in [-0.3, -0.25) is 9.78 Å². The number of nitrogens with zero attached hydrogens (tertiary/aromatic N) is 3. The van der Waals surface area contributed by atoms with Crippen LogP contribution in [0.25, 0.3) is 0 Å². The van der Waals surface area contributed by atoms with Crippen molar-refractivity contribution >= 4 is 11.6 Å². The smallest absolute Gasteiger partial charge is 0.259 e. The molecule has 0 unspecified atom stereocenters. The summed E-state index contributed by atoms with van der Waals surface area (Å²) in [4.78, 5) is 22.8. The lowest BCUT2D eigenvalue weighted by Crippen LogP contribution is -2.30. The van der Waals surface area contributed by atoms with Crippen molar-refractivity contribution in [1.82, 2.24) is 9.97 Å². The highest BCUT2D eigenvalue weighted by Crippen LogP contribution is 2.23. The predicted molar refractivity (Wildman–Crippen MR) is 102 cm³/mol. The summed E-state index contributed by atoms with van der Waals surface area (Å²) in [7, 11) is 0. The number of benzene rings is 1. The molecule has 2 aromatic heterocycles. The summed E-state index contributed by atoms with van der Waals surface area (Å²) >= 11 is 0. The van der Waals surface area contributed by atoms with Crippen LogP contribution in [0, 0.1) is 13.8 Å². The number of hydrogen-bond acceptors (Lipinski definition) is 4. The first kappa shape index (κ1) is 17.6. The van der Waals surface area contributed by atoms with E-state index in [1.165, 1.54) is 0 Å². The normalized spacial score (nSPS) is 10.4. The molecule has 0 radical (unpaired) electrons. The zero-order valence-electron chi connectivity index (χ0n) is 15.1. The topological polar surface area (TPSA) is 55.3 Å². The van der Waals surface area contributed by atoms with Gasteiger partial charge in [-0.1, -0.05) is 6.07 Å². The van der Waals surface area contributed by atoms with Gasteiger partial charge in [0.25, 0.3) is 5.91 Å². The largest absolute Gasteiger partial charge is 0.439 e. The van der Waals surface area contributed by atoms with Gasteiger partial charge < -0.3 is 9.64 Å². The first-order valence-corrected chi connectivity index (χ1v) is 8.51. The van der Waals surface area contributed by atoms with Gasteiger partial charge in [-0.25, -0.2) is 4.98 Å². The Morgan fingerprint density at radius 1 is 1.08 bits per heavy atom. The molecule has 0 bridgehead atoms. The Morgan fingerprint density at radius 2 is 1.85 bits per heavy atom. The van der Waals surface area contributed by atoms with Crippen LogP contribution in [-0.2, 0) is 0 Å².